The number of hydrogen-bond donors (Lipinski definition) is 0. The molecule has 0 radical (unpaired) electrons. The van der Waals surface area contributed by atoms with Gasteiger partial charge >= 0.3 is 0 Å². The lowest BCUT2D eigenvalue weighted by Gasteiger charge is -2.12. The first kappa shape index (κ1) is 12.3. The summed E-state index contributed by atoms with van der Waals surface area (Å²) in [6, 6.07) is 10.7. The highest BCUT2D eigenvalue weighted by Gasteiger charge is 2.09. The van der Waals surface area contributed by atoms with E-state index in [1.54, 1.807) is 0 Å². The van der Waals surface area contributed by atoms with Crippen molar-refractivity contribution in [2.45, 2.75) is 25.1 Å². The molecular weight excluding hydrogens is 274 g/mol. The van der Waals surface area contributed by atoms with Gasteiger partial charge in [0.15, 0.2) is 0 Å². The monoisotopic (exact) mass is 289 g/mol. The van der Waals surface area contributed by atoms with E-state index in [4.69, 9.17) is 0 Å². The van der Waals surface area contributed by atoms with Crippen LogP contribution in [0.3, 0.4) is 0 Å². The fourth-order valence-electron chi connectivity index (χ4n) is 1.90. The summed E-state index contributed by atoms with van der Waals surface area (Å²) in [6.45, 7) is 4.31. The van der Waals surface area contributed by atoms with Crippen molar-refractivity contribution in [3.63, 3.8) is 0 Å². The maximum Gasteiger partial charge on any atom is 0.0436 e. The smallest absolute Gasteiger partial charge is 0.0436 e. The summed E-state index contributed by atoms with van der Waals surface area (Å²) in [7, 11) is 0. The maximum atomic E-state index is 4.05. The van der Waals surface area contributed by atoms with Gasteiger partial charge in [0.2, 0.25) is 0 Å². The first-order valence-corrected chi connectivity index (χ1v) is 6.68. The fourth-order valence-corrected chi connectivity index (χ4v) is 2.56. The van der Waals surface area contributed by atoms with Crippen LogP contribution in [0.1, 0.15) is 27.1 Å². The second-order valence-electron chi connectivity index (χ2n) is 4.38. The second kappa shape index (κ2) is 5.46. The second-order valence-corrected chi connectivity index (χ2v) is 5.49. The van der Waals surface area contributed by atoms with E-state index in [0.29, 0.717) is 4.83 Å². The minimum absolute atomic E-state index is 0.353. The van der Waals surface area contributed by atoms with Crippen molar-refractivity contribution in [1.29, 1.82) is 0 Å². The number of benzene rings is 1. The molecule has 0 N–H and O–H groups in total. The Labute approximate surface area is 111 Å². The molecule has 2 heteroatoms. The van der Waals surface area contributed by atoms with Crippen LogP contribution >= 0.6 is 15.9 Å². The molecule has 0 saturated carbocycles. The van der Waals surface area contributed by atoms with E-state index in [2.05, 4.69) is 65.1 Å². The highest BCUT2D eigenvalue weighted by Crippen LogP contribution is 2.28. The molecule has 0 aliphatic heterocycles. The van der Waals surface area contributed by atoms with E-state index in [9.17, 15) is 0 Å². The molecule has 0 saturated heterocycles. The molecule has 88 valence electrons. The highest BCUT2D eigenvalue weighted by atomic mass is 79.9. The molecule has 1 unspecified atom stereocenters. The first-order valence-electron chi connectivity index (χ1n) is 5.77. The van der Waals surface area contributed by atoms with Crippen LogP contribution in [0.15, 0.2) is 42.7 Å². The van der Waals surface area contributed by atoms with Crippen LogP contribution in [0, 0.1) is 13.8 Å². The minimum atomic E-state index is 0.353. The van der Waals surface area contributed by atoms with Crippen molar-refractivity contribution in [3.05, 3.63) is 65.0 Å². The third kappa shape index (κ3) is 3.16. The molecule has 1 atom stereocenters. The quantitative estimate of drug-likeness (QED) is 0.765. The summed E-state index contributed by atoms with van der Waals surface area (Å²) < 4.78 is 0. The van der Waals surface area contributed by atoms with Gasteiger partial charge < -0.3 is 0 Å². The van der Waals surface area contributed by atoms with Gasteiger partial charge in [0.1, 0.15) is 0 Å². The number of rotatable bonds is 3. The van der Waals surface area contributed by atoms with Crippen molar-refractivity contribution in [2.24, 2.45) is 0 Å². The van der Waals surface area contributed by atoms with E-state index >= 15 is 0 Å². The number of nitrogens with zero attached hydrogens (tertiary/aromatic N) is 1. The van der Waals surface area contributed by atoms with E-state index in [-0.39, 0.29) is 0 Å². The van der Waals surface area contributed by atoms with Gasteiger partial charge in [-0.05, 0) is 49.1 Å². The average Bonchev–Trinajstić information content (AvgIpc) is 2.35. The van der Waals surface area contributed by atoms with Gasteiger partial charge in [-0.2, -0.15) is 0 Å². The van der Waals surface area contributed by atoms with Crippen molar-refractivity contribution < 1.29 is 0 Å². The molecule has 2 aromatic rings. The Bertz CT molecular complexity index is 494. The zero-order valence-corrected chi connectivity index (χ0v) is 11.7. The van der Waals surface area contributed by atoms with Crippen LogP contribution in [0.5, 0.6) is 0 Å². The predicted molar refractivity (Wildman–Crippen MR) is 75.5 cm³/mol. The van der Waals surface area contributed by atoms with E-state index in [1.807, 2.05) is 12.4 Å². The lowest BCUT2D eigenvalue weighted by molar-refractivity contribution is 0.932. The van der Waals surface area contributed by atoms with Crippen LogP contribution in [-0.2, 0) is 6.42 Å². The average molecular weight is 290 g/mol. The molecule has 1 aromatic carbocycles. The zero-order chi connectivity index (χ0) is 12.3. The van der Waals surface area contributed by atoms with Crippen LogP contribution in [0.4, 0.5) is 0 Å². The summed E-state index contributed by atoms with van der Waals surface area (Å²) in [4.78, 5) is 4.40. The summed E-state index contributed by atoms with van der Waals surface area (Å²) in [5, 5.41) is 0. The van der Waals surface area contributed by atoms with E-state index < -0.39 is 0 Å². The molecule has 0 fully saturated rings. The van der Waals surface area contributed by atoms with Crippen LogP contribution < -0.4 is 0 Å². The number of aryl methyl sites for hydroxylation is 2. The van der Waals surface area contributed by atoms with Crippen molar-refractivity contribution >= 4 is 15.9 Å². The molecule has 0 aliphatic rings. The van der Waals surface area contributed by atoms with E-state index in [1.165, 1.54) is 22.3 Å². The molecule has 17 heavy (non-hydrogen) atoms. The van der Waals surface area contributed by atoms with Crippen LogP contribution in [-0.4, -0.2) is 4.98 Å². The Morgan fingerprint density at radius 2 is 1.82 bits per heavy atom. The van der Waals surface area contributed by atoms with Crippen molar-refractivity contribution in [3.8, 4) is 0 Å². The Kier molecular flexibility index (Phi) is 3.95. The fraction of sp³-hybridized carbons (Fsp3) is 0.267. The maximum absolute atomic E-state index is 4.05. The Balaban J connectivity index is 2.18. The summed E-state index contributed by atoms with van der Waals surface area (Å²) in [5.41, 5.74) is 5.36. The molecule has 0 bridgehead atoms. The molecule has 2 rings (SSSR count). The topological polar surface area (TPSA) is 12.9 Å². The van der Waals surface area contributed by atoms with Gasteiger partial charge in [-0.3, -0.25) is 4.98 Å². The minimum Gasteiger partial charge on any atom is -0.265 e. The van der Waals surface area contributed by atoms with Crippen LogP contribution in [0.2, 0.25) is 0 Å². The molecule has 1 heterocycles. The Hall–Kier alpha value is -1.15. The lowest BCUT2D eigenvalue weighted by Crippen LogP contribution is -1.98. The van der Waals surface area contributed by atoms with Gasteiger partial charge in [0, 0.05) is 17.2 Å². The van der Waals surface area contributed by atoms with Crippen molar-refractivity contribution in [2.75, 3.05) is 0 Å². The number of halogens is 1. The number of alkyl halides is 1. The van der Waals surface area contributed by atoms with Crippen molar-refractivity contribution in [1.82, 2.24) is 4.98 Å². The lowest BCUT2D eigenvalue weighted by atomic mass is 9.99. The molecule has 0 spiro atoms. The molecule has 0 amide bonds. The standard InChI is InChI=1S/C15H16BrN/c1-11-3-4-12(2)14(9-11)10-15(16)13-5-7-17-8-6-13/h3-9,15H,10H2,1-2H3. The molecule has 1 nitrogen and oxygen atoms in total. The number of pyridine rings is 1. The molecule has 0 aliphatic carbocycles. The van der Waals surface area contributed by atoms with Crippen LogP contribution in [0.25, 0.3) is 0 Å². The Morgan fingerprint density at radius 1 is 1.12 bits per heavy atom. The van der Waals surface area contributed by atoms with Gasteiger partial charge in [-0.15, -0.1) is 0 Å². The van der Waals surface area contributed by atoms with Gasteiger partial charge in [-0.1, -0.05) is 39.7 Å². The number of aromatic nitrogens is 1. The highest BCUT2D eigenvalue weighted by molar-refractivity contribution is 9.09. The van der Waals surface area contributed by atoms with Gasteiger partial charge in [0.25, 0.3) is 0 Å². The summed E-state index contributed by atoms with van der Waals surface area (Å²) >= 11 is 3.75. The largest absolute Gasteiger partial charge is 0.265 e. The third-order valence-electron chi connectivity index (χ3n) is 2.97. The summed E-state index contributed by atoms with van der Waals surface area (Å²) in [6.07, 6.45) is 4.69. The zero-order valence-electron chi connectivity index (χ0n) is 10.2. The van der Waals surface area contributed by atoms with E-state index in [0.717, 1.165) is 6.42 Å². The first-order chi connectivity index (χ1) is 8.16. The van der Waals surface area contributed by atoms with Gasteiger partial charge in [-0.25, -0.2) is 0 Å². The summed E-state index contributed by atoms with van der Waals surface area (Å²) in [5.74, 6) is 0. The molecular formula is C15H16BrN. The predicted octanol–water partition coefficient (Wildman–Crippen LogP) is 4.38. The normalized spacial score (nSPS) is 12.4. The SMILES string of the molecule is Cc1ccc(C)c(CC(Br)c2ccncc2)c1. The third-order valence-corrected chi connectivity index (χ3v) is 3.82. The van der Waals surface area contributed by atoms with Gasteiger partial charge in [0.05, 0.1) is 0 Å². The Morgan fingerprint density at radius 3 is 2.53 bits per heavy atom. The molecule has 1 aromatic heterocycles. The number of hydrogen-bond acceptors (Lipinski definition) is 1.